The van der Waals surface area contributed by atoms with E-state index < -0.39 is 0 Å². The first kappa shape index (κ1) is 17.7. The monoisotopic (exact) mass is 367 g/mol. The molecule has 1 saturated carbocycles. The summed E-state index contributed by atoms with van der Waals surface area (Å²) in [4.78, 5) is 33.4. The minimum absolute atomic E-state index is 0.0289. The lowest BCUT2D eigenvalue weighted by Gasteiger charge is -2.34. The van der Waals surface area contributed by atoms with Crippen LogP contribution in [-0.4, -0.2) is 50.0 Å². The number of rotatable bonds is 5. The van der Waals surface area contributed by atoms with E-state index in [0.717, 1.165) is 17.8 Å². The van der Waals surface area contributed by atoms with Gasteiger partial charge >= 0.3 is 0 Å². The van der Waals surface area contributed by atoms with Crippen LogP contribution in [-0.2, 0) is 22.7 Å². The largest absolute Gasteiger partial charge is 0.340 e. The van der Waals surface area contributed by atoms with E-state index in [4.69, 9.17) is 0 Å². The number of aromatic nitrogens is 3. The van der Waals surface area contributed by atoms with Gasteiger partial charge in [0.2, 0.25) is 11.8 Å². The zero-order valence-corrected chi connectivity index (χ0v) is 15.8. The second kappa shape index (κ2) is 7.13. The molecule has 0 bridgehead atoms. The fraction of sp³-hybridized carbons (Fsp3) is 0.500. The molecule has 7 heteroatoms. The van der Waals surface area contributed by atoms with Crippen LogP contribution in [0.5, 0.6) is 0 Å². The molecule has 3 atom stereocenters. The normalized spacial score (nSPS) is 23.6. The summed E-state index contributed by atoms with van der Waals surface area (Å²) in [5, 5.41) is 4.40. The number of pyridine rings is 1. The van der Waals surface area contributed by atoms with Gasteiger partial charge in [-0.1, -0.05) is 13.0 Å². The molecule has 142 valence electrons. The van der Waals surface area contributed by atoms with Gasteiger partial charge in [0.25, 0.3) is 0 Å². The molecule has 1 fully saturated rings. The quantitative estimate of drug-likeness (QED) is 0.809. The fourth-order valence-corrected chi connectivity index (χ4v) is 3.79. The highest BCUT2D eigenvalue weighted by molar-refractivity contribution is 5.82. The van der Waals surface area contributed by atoms with Crippen molar-refractivity contribution in [3.8, 4) is 0 Å². The van der Waals surface area contributed by atoms with Crippen molar-refractivity contribution in [3.63, 3.8) is 0 Å². The number of fused-ring (bicyclic) bond motifs is 1. The lowest BCUT2D eigenvalue weighted by Crippen LogP contribution is -2.43. The van der Waals surface area contributed by atoms with Gasteiger partial charge in [0.15, 0.2) is 0 Å². The van der Waals surface area contributed by atoms with E-state index in [1.165, 1.54) is 0 Å². The van der Waals surface area contributed by atoms with Crippen LogP contribution in [0.15, 0.2) is 36.7 Å². The molecule has 27 heavy (non-hydrogen) atoms. The maximum atomic E-state index is 12.8. The topological polar surface area (TPSA) is 71.3 Å². The summed E-state index contributed by atoms with van der Waals surface area (Å²) in [7, 11) is 1.79. The van der Waals surface area contributed by atoms with Crippen LogP contribution >= 0.6 is 0 Å². The Morgan fingerprint density at radius 3 is 2.78 bits per heavy atom. The van der Waals surface area contributed by atoms with E-state index in [1.807, 2.05) is 33.8 Å². The molecule has 0 saturated heterocycles. The minimum atomic E-state index is -0.125. The molecule has 3 heterocycles. The number of hydrogen-bond acceptors (Lipinski definition) is 4. The molecule has 0 radical (unpaired) electrons. The van der Waals surface area contributed by atoms with Crippen LogP contribution in [0.25, 0.3) is 0 Å². The molecule has 2 aromatic heterocycles. The molecule has 2 aromatic rings. The molecule has 0 N–H and O–H groups in total. The first-order valence-corrected chi connectivity index (χ1v) is 9.48. The number of carbonyl (C=O) groups excluding carboxylic acids is 2. The molecular weight excluding hydrogens is 342 g/mol. The molecule has 2 aliphatic rings. The Bertz CT molecular complexity index is 834. The summed E-state index contributed by atoms with van der Waals surface area (Å²) >= 11 is 0. The van der Waals surface area contributed by atoms with Crippen molar-refractivity contribution in [2.75, 3.05) is 13.6 Å². The molecule has 0 aromatic carbocycles. The van der Waals surface area contributed by atoms with E-state index in [9.17, 15) is 9.59 Å². The van der Waals surface area contributed by atoms with Crippen LogP contribution in [0, 0.1) is 11.8 Å². The molecule has 7 nitrogen and oxygen atoms in total. The van der Waals surface area contributed by atoms with E-state index in [-0.39, 0.29) is 23.8 Å². The van der Waals surface area contributed by atoms with Crippen molar-refractivity contribution in [2.24, 2.45) is 11.8 Å². The van der Waals surface area contributed by atoms with Crippen LogP contribution in [0.2, 0.25) is 0 Å². The van der Waals surface area contributed by atoms with Gasteiger partial charge in [0.05, 0.1) is 36.9 Å². The van der Waals surface area contributed by atoms with Gasteiger partial charge < -0.3 is 9.80 Å². The van der Waals surface area contributed by atoms with Crippen molar-refractivity contribution in [2.45, 2.75) is 38.9 Å². The van der Waals surface area contributed by atoms with Crippen LogP contribution < -0.4 is 0 Å². The molecule has 3 unspecified atom stereocenters. The highest BCUT2D eigenvalue weighted by Crippen LogP contribution is 2.40. The first-order valence-electron chi connectivity index (χ1n) is 9.48. The molecular formula is C20H25N5O2. The standard InChI is InChI=1S/C20H25N5O2/c1-14-9-18(14)20(27)24-12-16-6-8-22-25(16)17(13-24)10-19(26)23(2)11-15-5-3-4-7-21-15/h3-8,14,17-18H,9-13H2,1-2H3. The van der Waals surface area contributed by atoms with E-state index in [2.05, 4.69) is 17.0 Å². The van der Waals surface area contributed by atoms with Crippen LogP contribution in [0.1, 0.15) is 37.2 Å². The van der Waals surface area contributed by atoms with E-state index in [1.54, 1.807) is 24.3 Å². The molecule has 1 aliphatic heterocycles. The van der Waals surface area contributed by atoms with Gasteiger partial charge in [0.1, 0.15) is 0 Å². The minimum Gasteiger partial charge on any atom is -0.340 e. The summed E-state index contributed by atoms with van der Waals surface area (Å²) < 4.78 is 1.91. The smallest absolute Gasteiger partial charge is 0.226 e. The van der Waals surface area contributed by atoms with Crippen molar-refractivity contribution in [1.29, 1.82) is 0 Å². The summed E-state index contributed by atoms with van der Waals surface area (Å²) in [5.74, 6) is 0.881. The second-order valence-electron chi connectivity index (χ2n) is 7.73. The average Bonchev–Trinajstić information content (AvgIpc) is 3.20. The molecule has 0 spiro atoms. The van der Waals surface area contributed by atoms with Crippen LogP contribution in [0.3, 0.4) is 0 Å². The maximum absolute atomic E-state index is 12.8. The van der Waals surface area contributed by atoms with Gasteiger partial charge in [-0.05, 0) is 30.5 Å². The average molecular weight is 367 g/mol. The Morgan fingerprint density at radius 1 is 1.26 bits per heavy atom. The Kier molecular flexibility index (Phi) is 4.68. The highest BCUT2D eigenvalue weighted by Gasteiger charge is 2.43. The second-order valence-corrected chi connectivity index (χ2v) is 7.73. The third kappa shape index (κ3) is 3.72. The summed E-state index contributed by atoms with van der Waals surface area (Å²) in [6, 6.07) is 7.50. The number of amides is 2. The summed E-state index contributed by atoms with van der Waals surface area (Å²) in [6.45, 7) is 3.71. The fourth-order valence-electron chi connectivity index (χ4n) is 3.79. The van der Waals surface area contributed by atoms with Gasteiger partial charge in [-0.2, -0.15) is 5.10 Å². The predicted octanol–water partition coefficient (Wildman–Crippen LogP) is 1.87. The Balaban J connectivity index is 1.44. The number of hydrogen-bond donors (Lipinski definition) is 0. The Labute approximate surface area is 159 Å². The van der Waals surface area contributed by atoms with Crippen LogP contribution in [0.4, 0.5) is 0 Å². The van der Waals surface area contributed by atoms with E-state index >= 15 is 0 Å². The zero-order valence-electron chi connectivity index (χ0n) is 15.8. The number of carbonyl (C=O) groups is 2. The van der Waals surface area contributed by atoms with Gasteiger partial charge in [-0.3, -0.25) is 19.3 Å². The Morgan fingerprint density at radius 2 is 2.07 bits per heavy atom. The summed E-state index contributed by atoms with van der Waals surface area (Å²) in [5.41, 5.74) is 1.85. The SMILES string of the molecule is CC1CC1C(=O)N1Cc2ccnn2C(CC(=O)N(C)Cc2ccccn2)C1. The third-order valence-electron chi connectivity index (χ3n) is 5.58. The lowest BCUT2D eigenvalue weighted by molar-refractivity contribution is -0.137. The first-order chi connectivity index (χ1) is 13.0. The van der Waals surface area contributed by atoms with Crippen molar-refractivity contribution in [1.82, 2.24) is 24.6 Å². The summed E-state index contributed by atoms with van der Waals surface area (Å²) in [6.07, 6.45) is 4.78. The maximum Gasteiger partial charge on any atom is 0.226 e. The van der Waals surface area contributed by atoms with Crippen molar-refractivity contribution >= 4 is 11.8 Å². The van der Waals surface area contributed by atoms with E-state index in [0.29, 0.717) is 32.0 Å². The Hall–Kier alpha value is -2.70. The van der Waals surface area contributed by atoms with Crippen molar-refractivity contribution < 1.29 is 9.59 Å². The molecule has 2 amide bonds. The van der Waals surface area contributed by atoms with Gasteiger partial charge in [-0.15, -0.1) is 0 Å². The molecule has 1 aliphatic carbocycles. The third-order valence-corrected chi connectivity index (χ3v) is 5.58. The predicted molar refractivity (Wildman–Crippen MR) is 99.3 cm³/mol. The number of nitrogens with zero attached hydrogens (tertiary/aromatic N) is 5. The van der Waals surface area contributed by atoms with Gasteiger partial charge in [0, 0.05) is 31.9 Å². The zero-order chi connectivity index (χ0) is 19.0. The highest BCUT2D eigenvalue weighted by atomic mass is 16.2. The lowest BCUT2D eigenvalue weighted by atomic mass is 10.1. The van der Waals surface area contributed by atoms with Crippen molar-refractivity contribution in [3.05, 3.63) is 48.0 Å². The van der Waals surface area contributed by atoms with Gasteiger partial charge in [-0.25, -0.2) is 0 Å². The molecule has 4 rings (SSSR count).